The zero-order valence-corrected chi connectivity index (χ0v) is 23.7. The number of fused-ring (bicyclic) bond motifs is 2. The molecule has 4 aromatic rings. The Bertz CT molecular complexity index is 1520. The second-order valence-electron chi connectivity index (χ2n) is 10.3. The van der Waals surface area contributed by atoms with Gasteiger partial charge in [0.1, 0.15) is 11.5 Å². The van der Waals surface area contributed by atoms with Gasteiger partial charge in [0.2, 0.25) is 5.91 Å². The number of halogens is 2. The Kier molecular flexibility index (Phi) is 8.52. The first-order chi connectivity index (χ1) is 19.3. The van der Waals surface area contributed by atoms with Gasteiger partial charge in [0.05, 0.1) is 5.69 Å². The Morgan fingerprint density at radius 3 is 2.52 bits per heavy atom. The first-order valence-corrected chi connectivity index (χ1v) is 14.1. The van der Waals surface area contributed by atoms with Crippen LogP contribution >= 0.6 is 11.6 Å². The van der Waals surface area contributed by atoms with Crippen molar-refractivity contribution >= 4 is 40.0 Å². The maximum absolute atomic E-state index is 14.2. The number of anilines is 1. The van der Waals surface area contributed by atoms with E-state index in [9.17, 15) is 14.0 Å². The molecular weight excluding hydrogens is 527 g/mol. The van der Waals surface area contributed by atoms with Crippen molar-refractivity contribution in [3.8, 4) is 0 Å². The number of rotatable bonds is 4. The van der Waals surface area contributed by atoms with Crippen LogP contribution in [0.1, 0.15) is 47.4 Å². The van der Waals surface area contributed by atoms with Gasteiger partial charge in [-0.3, -0.25) is 14.5 Å². The number of aromatic nitrogens is 1. The highest BCUT2D eigenvalue weighted by Gasteiger charge is 2.26. The number of benzene rings is 3. The largest absolute Gasteiger partial charge is 0.350 e. The van der Waals surface area contributed by atoms with Crippen LogP contribution in [0, 0.1) is 5.82 Å². The first-order valence-electron chi connectivity index (χ1n) is 13.8. The minimum Gasteiger partial charge on any atom is -0.350 e. The lowest BCUT2D eigenvalue weighted by molar-refractivity contribution is -0.116. The predicted octanol–water partition coefficient (Wildman–Crippen LogP) is 6.42. The number of hydrogen-bond donors (Lipinski definition) is 1. The molecule has 2 amide bonds. The summed E-state index contributed by atoms with van der Waals surface area (Å²) in [6.07, 6.45) is 1.36. The summed E-state index contributed by atoms with van der Waals surface area (Å²) in [5.74, 6) is -0.550. The van der Waals surface area contributed by atoms with E-state index in [4.69, 9.17) is 11.6 Å². The van der Waals surface area contributed by atoms with E-state index >= 15 is 0 Å². The summed E-state index contributed by atoms with van der Waals surface area (Å²) in [5, 5.41) is 1.26. The number of nitrogens with one attached hydrogen (secondary N) is 1. The van der Waals surface area contributed by atoms with Crippen LogP contribution in [0.25, 0.3) is 10.9 Å². The third-order valence-corrected chi connectivity index (χ3v) is 7.83. The molecule has 0 fully saturated rings. The summed E-state index contributed by atoms with van der Waals surface area (Å²) in [5.41, 5.74) is 4.79. The highest BCUT2D eigenvalue weighted by atomic mass is 35.5. The van der Waals surface area contributed by atoms with Gasteiger partial charge in [-0.2, -0.15) is 0 Å². The fourth-order valence-electron chi connectivity index (χ4n) is 5.58. The van der Waals surface area contributed by atoms with E-state index in [1.165, 1.54) is 17.7 Å². The smallest absolute Gasteiger partial charge is 0.270 e. The summed E-state index contributed by atoms with van der Waals surface area (Å²) in [7, 11) is 0. The van der Waals surface area contributed by atoms with Crippen LogP contribution in [0.2, 0.25) is 5.02 Å². The molecule has 0 atom stereocenters. The lowest BCUT2D eigenvalue weighted by atomic mass is 10.1. The van der Waals surface area contributed by atoms with Crippen LogP contribution < -0.4 is 4.90 Å². The molecule has 3 aromatic carbocycles. The molecule has 0 radical (unpaired) electrons. The molecule has 0 bridgehead atoms. The van der Waals surface area contributed by atoms with Crippen molar-refractivity contribution in [3.05, 3.63) is 100.0 Å². The number of nitrogens with zero attached hydrogens (tertiary/aromatic N) is 3. The number of aromatic amines is 1. The summed E-state index contributed by atoms with van der Waals surface area (Å²) in [4.78, 5) is 36.2. The van der Waals surface area contributed by atoms with Gasteiger partial charge in [0.15, 0.2) is 0 Å². The van der Waals surface area contributed by atoms with Crippen molar-refractivity contribution in [1.29, 1.82) is 0 Å². The molecule has 1 aromatic heterocycles. The average molecular weight is 561 g/mol. The summed E-state index contributed by atoms with van der Waals surface area (Å²) in [6.45, 7) is 7.06. The van der Waals surface area contributed by atoms with Crippen molar-refractivity contribution in [1.82, 2.24) is 14.8 Å². The number of H-pyrrole nitrogens is 1. The van der Waals surface area contributed by atoms with Gasteiger partial charge < -0.3 is 14.8 Å². The number of hydrogen-bond acceptors (Lipinski definition) is 3. The molecule has 208 valence electrons. The van der Waals surface area contributed by atoms with Crippen molar-refractivity contribution in [2.75, 3.05) is 31.1 Å². The highest BCUT2D eigenvalue weighted by molar-refractivity contribution is 6.31. The Labute approximate surface area is 239 Å². The standard InChI is InChI=1S/C32H34ClFN4O2/c1-3-27-28-19-26(34)12-13-29(28)35-31(27)32(40)37-17-16-36(20-23-8-5-4-6-9-23)14-7-15-38(22(2)39)30-18-25(33)11-10-24(30)21-37/h4-6,8-13,18-19,35H,3,7,14-17,20-21H2,1-2H3. The topological polar surface area (TPSA) is 59.7 Å². The number of amides is 2. The van der Waals surface area contributed by atoms with Gasteiger partial charge in [0.25, 0.3) is 5.91 Å². The lowest BCUT2D eigenvalue weighted by Crippen LogP contribution is -2.39. The van der Waals surface area contributed by atoms with Crippen molar-refractivity contribution in [2.45, 2.75) is 39.8 Å². The van der Waals surface area contributed by atoms with Crippen LogP contribution in [0.4, 0.5) is 10.1 Å². The number of aryl methyl sites for hydroxylation is 1. The monoisotopic (exact) mass is 560 g/mol. The Morgan fingerprint density at radius 2 is 1.77 bits per heavy atom. The maximum Gasteiger partial charge on any atom is 0.270 e. The molecule has 0 spiro atoms. The van der Waals surface area contributed by atoms with Crippen LogP contribution in [-0.4, -0.2) is 52.8 Å². The lowest BCUT2D eigenvalue weighted by Gasteiger charge is -2.28. The number of carbonyl (C=O) groups is 2. The van der Waals surface area contributed by atoms with E-state index in [0.717, 1.165) is 47.2 Å². The van der Waals surface area contributed by atoms with Crippen LogP contribution in [0.5, 0.6) is 0 Å². The number of carbonyl (C=O) groups excluding carboxylic acids is 2. The van der Waals surface area contributed by atoms with E-state index in [1.807, 2.05) is 42.2 Å². The molecule has 1 aliphatic rings. The van der Waals surface area contributed by atoms with Gasteiger partial charge in [-0.1, -0.05) is 54.9 Å². The second-order valence-corrected chi connectivity index (χ2v) is 10.7. The molecule has 40 heavy (non-hydrogen) atoms. The van der Waals surface area contributed by atoms with E-state index in [1.54, 1.807) is 24.0 Å². The SMILES string of the molecule is CCc1c(C(=O)N2CCN(Cc3ccccc3)CCCN(C(C)=O)c3cc(Cl)ccc3C2)[nH]c2ccc(F)cc12. The molecule has 8 heteroatoms. The molecular formula is C32H34ClFN4O2. The van der Waals surface area contributed by atoms with Crippen LogP contribution in [0.3, 0.4) is 0 Å². The van der Waals surface area contributed by atoms with E-state index in [0.29, 0.717) is 43.3 Å². The van der Waals surface area contributed by atoms with Gasteiger partial charge in [-0.15, -0.1) is 0 Å². The zero-order valence-electron chi connectivity index (χ0n) is 22.9. The molecule has 6 nitrogen and oxygen atoms in total. The molecule has 0 aliphatic carbocycles. The van der Waals surface area contributed by atoms with Crippen molar-refractivity contribution in [2.24, 2.45) is 0 Å². The van der Waals surface area contributed by atoms with Gasteiger partial charge >= 0.3 is 0 Å². The summed E-state index contributed by atoms with van der Waals surface area (Å²) < 4.78 is 14.1. The average Bonchev–Trinajstić information content (AvgIpc) is 3.29. The Balaban J connectivity index is 1.54. The molecule has 5 rings (SSSR count). The van der Waals surface area contributed by atoms with E-state index in [2.05, 4.69) is 22.0 Å². The second kappa shape index (κ2) is 12.2. The summed E-state index contributed by atoms with van der Waals surface area (Å²) in [6, 6.07) is 20.3. The van der Waals surface area contributed by atoms with Crippen molar-refractivity contribution in [3.63, 3.8) is 0 Å². The Hall–Kier alpha value is -3.68. The first kappa shape index (κ1) is 27.9. The highest BCUT2D eigenvalue weighted by Crippen LogP contribution is 2.30. The molecule has 2 heterocycles. The fourth-order valence-corrected chi connectivity index (χ4v) is 5.75. The normalized spacial score (nSPS) is 15.1. The maximum atomic E-state index is 14.2. The fraction of sp³-hybridized carbons (Fsp3) is 0.312. The quantitative estimate of drug-likeness (QED) is 0.313. The minimum absolute atomic E-state index is 0.0684. The van der Waals surface area contributed by atoms with Crippen molar-refractivity contribution < 1.29 is 14.0 Å². The van der Waals surface area contributed by atoms with Gasteiger partial charge in [0, 0.05) is 62.1 Å². The molecule has 0 unspecified atom stereocenters. The van der Waals surface area contributed by atoms with Crippen LogP contribution in [0.15, 0.2) is 66.7 Å². The predicted molar refractivity (Wildman–Crippen MR) is 158 cm³/mol. The van der Waals surface area contributed by atoms with Crippen LogP contribution in [-0.2, 0) is 24.3 Å². The van der Waals surface area contributed by atoms with Gasteiger partial charge in [-0.05, 0) is 59.9 Å². The Morgan fingerprint density at radius 1 is 0.975 bits per heavy atom. The zero-order chi connectivity index (χ0) is 28.2. The van der Waals surface area contributed by atoms with E-state index in [-0.39, 0.29) is 17.6 Å². The third kappa shape index (κ3) is 6.06. The molecule has 1 aliphatic heterocycles. The third-order valence-electron chi connectivity index (χ3n) is 7.59. The molecule has 0 saturated heterocycles. The minimum atomic E-state index is -0.331. The molecule has 1 N–H and O–H groups in total. The molecule has 0 saturated carbocycles. The summed E-state index contributed by atoms with van der Waals surface area (Å²) >= 11 is 6.39. The van der Waals surface area contributed by atoms with Gasteiger partial charge in [-0.25, -0.2) is 4.39 Å². The van der Waals surface area contributed by atoms with E-state index < -0.39 is 0 Å².